The quantitative estimate of drug-likeness (QED) is 0.520. The van der Waals surface area contributed by atoms with Gasteiger partial charge in [-0.25, -0.2) is 0 Å². The number of hydrogen-bond acceptors (Lipinski definition) is 4. The number of carbonyl (C=O) groups excluding carboxylic acids is 2. The maximum absolute atomic E-state index is 11.7. The molecule has 5 nitrogen and oxygen atoms in total. The van der Waals surface area contributed by atoms with Gasteiger partial charge in [0, 0.05) is 0 Å². The molecule has 1 fully saturated rings. The van der Waals surface area contributed by atoms with Gasteiger partial charge in [-0.1, -0.05) is 30.3 Å². The van der Waals surface area contributed by atoms with Gasteiger partial charge in [0.2, 0.25) is 5.91 Å². The molecule has 1 aromatic carbocycles. The molecular formula is C12H14N2O3S. The summed E-state index contributed by atoms with van der Waals surface area (Å²) in [4.78, 5) is 24.4. The van der Waals surface area contributed by atoms with Crippen molar-refractivity contribution in [1.82, 2.24) is 10.2 Å². The monoisotopic (exact) mass is 266 g/mol. The van der Waals surface area contributed by atoms with Crippen molar-refractivity contribution in [3.63, 3.8) is 0 Å². The van der Waals surface area contributed by atoms with E-state index in [4.69, 9.17) is 5.11 Å². The van der Waals surface area contributed by atoms with Gasteiger partial charge in [0.1, 0.15) is 18.1 Å². The highest BCUT2D eigenvalue weighted by molar-refractivity contribution is 7.81. The van der Waals surface area contributed by atoms with Crippen LogP contribution in [0.4, 0.5) is 0 Å². The number of aliphatic hydroxyl groups excluding tert-OH is 1. The van der Waals surface area contributed by atoms with Gasteiger partial charge in [-0.15, -0.1) is 0 Å². The number of amides is 2. The van der Waals surface area contributed by atoms with Crippen LogP contribution in [0.25, 0.3) is 0 Å². The molecule has 2 atom stereocenters. The predicted molar refractivity (Wildman–Crippen MR) is 68.8 cm³/mol. The second kappa shape index (κ2) is 5.41. The van der Waals surface area contributed by atoms with Crippen molar-refractivity contribution in [2.75, 3.05) is 6.73 Å². The van der Waals surface area contributed by atoms with Gasteiger partial charge in [0.15, 0.2) is 0 Å². The number of nitrogens with one attached hydrogen (secondary N) is 1. The summed E-state index contributed by atoms with van der Waals surface area (Å²) in [6, 6.07) is 8.63. The van der Waals surface area contributed by atoms with Crippen LogP contribution in [0.5, 0.6) is 0 Å². The number of likely N-dealkylation sites (tertiary alicyclic amines) is 1. The van der Waals surface area contributed by atoms with Gasteiger partial charge in [0.05, 0.1) is 6.42 Å². The van der Waals surface area contributed by atoms with E-state index >= 15 is 0 Å². The van der Waals surface area contributed by atoms with Crippen LogP contribution in [0.2, 0.25) is 0 Å². The third kappa shape index (κ3) is 2.49. The maximum atomic E-state index is 11.7. The molecule has 1 saturated heterocycles. The molecule has 2 N–H and O–H groups in total. The number of β-lactam (4-membered cyclic amide) rings is 1. The van der Waals surface area contributed by atoms with Crippen LogP contribution in [0.1, 0.15) is 5.56 Å². The van der Waals surface area contributed by atoms with Crippen LogP contribution in [0, 0.1) is 0 Å². The molecule has 0 aromatic heterocycles. The number of carbonyl (C=O) groups is 2. The van der Waals surface area contributed by atoms with Crippen LogP contribution in [-0.2, 0) is 16.0 Å². The molecule has 1 aromatic rings. The van der Waals surface area contributed by atoms with Gasteiger partial charge in [-0.05, 0) is 5.56 Å². The summed E-state index contributed by atoms with van der Waals surface area (Å²) in [5.74, 6) is -0.532. The molecule has 1 aliphatic heterocycles. The van der Waals surface area contributed by atoms with Crippen molar-refractivity contribution in [3.8, 4) is 0 Å². The number of thiol groups is 1. The second-order valence-corrected chi connectivity index (χ2v) is 4.60. The van der Waals surface area contributed by atoms with Crippen molar-refractivity contribution >= 4 is 24.4 Å². The van der Waals surface area contributed by atoms with E-state index < -0.39 is 11.4 Å². The lowest BCUT2D eigenvalue weighted by atomic mass is 10.1. The summed E-state index contributed by atoms with van der Waals surface area (Å²) in [5, 5.41) is 11.0. The molecule has 1 heterocycles. The highest BCUT2D eigenvalue weighted by Crippen LogP contribution is 2.22. The zero-order valence-corrected chi connectivity index (χ0v) is 10.5. The van der Waals surface area contributed by atoms with Crippen molar-refractivity contribution in [3.05, 3.63) is 35.9 Å². The van der Waals surface area contributed by atoms with E-state index in [-0.39, 0.29) is 25.0 Å². The van der Waals surface area contributed by atoms with E-state index in [1.165, 1.54) is 4.90 Å². The third-order valence-electron chi connectivity index (χ3n) is 2.84. The SMILES string of the molecule is O=C(Cc1ccccc1)N[C@@H]1C(=O)N(CO)[C@@H]1S. The molecule has 0 saturated carbocycles. The van der Waals surface area contributed by atoms with Crippen molar-refractivity contribution in [2.45, 2.75) is 17.8 Å². The number of rotatable bonds is 4. The van der Waals surface area contributed by atoms with Crippen LogP contribution < -0.4 is 5.32 Å². The summed E-state index contributed by atoms with van der Waals surface area (Å²) in [6.07, 6.45) is 0.226. The van der Waals surface area contributed by atoms with E-state index in [1.807, 2.05) is 30.3 Å². The summed E-state index contributed by atoms with van der Waals surface area (Å²) in [6.45, 7) is -0.377. The molecule has 0 radical (unpaired) electrons. The lowest BCUT2D eigenvalue weighted by Crippen LogP contribution is -2.68. The molecule has 18 heavy (non-hydrogen) atoms. The Labute approximate surface area is 110 Å². The van der Waals surface area contributed by atoms with E-state index in [0.717, 1.165) is 5.56 Å². The van der Waals surface area contributed by atoms with Crippen LogP contribution in [0.15, 0.2) is 30.3 Å². The van der Waals surface area contributed by atoms with Gasteiger partial charge in [-0.3, -0.25) is 9.59 Å². The molecule has 6 heteroatoms. The number of aliphatic hydroxyl groups is 1. The average molecular weight is 266 g/mol. The molecular weight excluding hydrogens is 252 g/mol. The number of hydrogen-bond donors (Lipinski definition) is 3. The second-order valence-electron chi connectivity index (χ2n) is 4.07. The summed E-state index contributed by atoms with van der Waals surface area (Å²) in [5.41, 5.74) is 0.886. The van der Waals surface area contributed by atoms with Crippen LogP contribution in [-0.4, -0.2) is 40.0 Å². The Balaban J connectivity index is 1.88. The molecule has 1 aliphatic rings. The topological polar surface area (TPSA) is 69.6 Å². The lowest BCUT2D eigenvalue weighted by molar-refractivity contribution is -0.153. The normalized spacial score (nSPS) is 22.6. The molecule has 0 spiro atoms. The first-order chi connectivity index (χ1) is 8.63. The minimum atomic E-state index is -0.642. The summed E-state index contributed by atoms with van der Waals surface area (Å²) < 4.78 is 0. The van der Waals surface area contributed by atoms with Crippen LogP contribution in [0.3, 0.4) is 0 Å². The zero-order valence-electron chi connectivity index (χ0n) is 9.61. The minimum Gasteiger partial charge on any atom is -0.376 e. The first-order valence-electron chi connectivity index (χ1n) is 5.56. The largest absolute Gasteiger partial charge is 0.376 e. The van der Waals surface area contributed by atoms with Crippen LogP contribution >= 0.6 is 12.6 Å². The van der Waals surface area contributed by atoms with E-state index in [0.29, 0.717) is 0 Å². The number of nitrogens with zero attached hydrogens (tertiary/aromatic N) is 1. The Hall–Kier alpha value is -1.53. The molecule has 0 unspecified atom stereocenters. The molecule has 2 amide bonds. The molecule has 2 rings (SSSR count). The number of benzene rings is 1. The molecule has 0 aliphatic carbocycles. The Morgan fingerprint density at radius 3 is 2.61 bits per heavy atom. The average Bonchev–Trinajstić information content (AvgIpc) is 2.38. The fourth-order valence-corrected chi connectivity index (χ4v) is 2.22. The lowest BCUT2D eigenvalue weighted by Gasteiger charge is -2.43. The van der Waals surface area contributed by atoms with E-state index in [9.17, 15) is 9.59 Å². The summed E-state index contributed by atoms with van der Waals surface area (Å²) in [7, 11) is 0. The minimum absolute atomic E-state index is 0.226. The first-order valence-corrected chi connectivity index (χ1v) is 6.08. The smallest absolute Gasteiger partial charge is 0.251 e. The highest BCUT2D eigenvalue weighted by Gasteiger charge is 2.45. The Morgan fingerprint density at radius 1 is 1.39 bits per heavy atom. The van der Waals surface area contributed by atoms with Gasteiger partial charge in [-0.2, -0.15) is 12.6 Å². The van der Waals surface area contributed by atoms with E-state index in [2.05, 4.69) is 17.9 Å². The van der Waals surface area contributed by atoms with Crippen molar-refractivity contribution < 1.29 is 14.7 Å². The zero-order chi connectivity index (χ0) is 13.1. The first kappa shape index (κ1) is 12.9. The molecule has 0 bridgehead atoms. The van der Waals surface area contributed by atoms with E-state index in [1.54, 1.807) is 0 Å². The van der Waals surface area contributed by atoms with Gasteiger partial charge in [0.25, 0.3) is 5.91 Å². The Morgan fingerprint density at radius 2 is 2.06 bits per heavy atom. The standard InChI is InChI=1S/C12H14N2O3S/c15-7-14-11(17)10(12(14)18)13-9(16)6-8-4-2-1-3-5-8/h1-5,10,12,15,18H,6-7H2,(H,13,16)/t10-,12-/m1/s1. The summed E-state index contributed by atoms with van der Waals surface area (Å²) >= 11 is 4.15. The maximum Gasteiger partial charge on any atom is 0.251 e. The fraction of sp³-hybridized carbons (Fsp3) is 0.333. The van der Waals surface area contributed by atoms with Gasteiger partial charge < -0.3 is 15.3 Å². The molecule has 96 valence electrons. The fourth-order valence-electron chi connectivity index (χ4n) is 1.83. The Bertz CT molecular complexity index is 452. The van der Waals surface area contributed by atoms with Crippen molar-refractivity contribution in [2.24, 2.45) is 0 Å². The third-order valence-corrected chi connectivity index (χ3v) is 3.42. The highest BCUT2D eigenvalue weighted by atomic mass is 32.1. The Kier molecular flexibility index (Phi) is 3.88. The van der Waals surface area contributed by atoms with Crippen molar-refractivity contribution in [1.29, 1.82) is 0 Å². The predicted octanol–water partition coefficient (Wildman–Crippen LogP) is -0.238. The van der Waals surface area contributed by atoms with Gasteiger partial charge >= 0.3 is 0 Å².